The molecule has 7 nitrogen and oxygen atoms in total. The number of nitrogens with zero attached hydrogens (tertiary/aromatic N) is 2. The van der Waals surface area contributed by atoms with Crippen molar-refractivity contribution in [1.82, 2.24) is 14.5 Å². The second kappa shape index (κ2) is 6.16. The number of rotatable bonds is 4. The minimum absolute atomic E-state index is 0.213. The maximum absolute atomic E-state index is 12.7. The van der Waals surface area contributed by atoms with E-state index in [2.05, 4.69) is 15.3 Å². The van der Waals surface area contributed by atoms with Gasteiger partial charge in [0.15, 0.2) is 5.13 Å². The summed E-state index contributed by atoms with van der Waals surface area (Å²) in [7, 11) is 1.94. The number of nitrogens with two attached hydrogens (primary N) is 1. The zero-order chi connectivity index (χ0) is 18.3. The van der Waals surface area contributed by atoms with Crippen molar-refractivity contribution >= 4 is 39.2 Å². The van der Waals surface area contributed by atoms with Gasteiger partial charge in [-0.2, -0.15) is 0 Å². The lowest BCUT2D eigenvalue weighted by molar-refractivity contribution is 0.0994. The third-order valence-electron chi connectivity index (χ3n) is 4.14. The lowest BCUT2D eigenvalue weighted by Crippen LogP contribution is -2.12. The van der Waals surface area contributed by atoms with Crippen LogP contribution in [0.25, 0.3) is 22.2 Å². The molecule has 0 aliphatic rings. The number of primary amides is 1. The largest absolute Gasteiger partial charge is 0.364 e. The van der Waals surface area contributed by atoms with Crippen LogP contribution in [0.5, 0.6) is 0 Å². The van der Waals surface area contributed by atoms with Crippen LogP contribution in [0.3, 0.4) is 0 Å². The molecule has 0 aliphatic heterocycles. The number of H-pyrrole nitrogens is 1. The highest BCUT2D eigenvalue weighted by Gasteiger charge is 2.14. The minimum atomic E-state index is -0.532. The molecule has 0 unspecified atom stereocenters. The predicted molar refractivity (Wildman–Crippen MR) is 101 cm³/mol. The van der Waals surface area contributed by atoms with Crippen LogP contribution in [0.15, 0.2) is 48.1 Å². The fraction of sp³-hybridized carbons (Fsp3) is 0.0556. The summed E-state index contributed by atoms with van der Waals surface area (Å²) in [5.74, 6) is -0.745. The lowest BCUT2D eigenvalue weighted by Gasteiger charge is -2.04. The molecule has 26 heavy (non-hydrogen) atoms. The Hall–Kier alpha value is -3.39. The monoisotopic (exact) mass is 365 g/mol. The first-order valence-electron chi connectivity index (χ1n) is 7.82. The normalized spacial score (nSPS) is 11.0. The number of carbonyl (C=O) groups excluding carboxylic acids is 2. The van der Waals surface area contributed by atoms with Gasteiger partial charge in [-0.05, 0) is 24.3 Å². The Morgan fingerprint density at radius 3 is 2.92 bits per heavy atom. The Morgan fingerprint density at radius 2 is 2.15 bits per heavy atom. The van der Waals surface area contributed by atoms with Crippen LogP contribution >= 0.6 is 11.3 Å². The SMILES string of the molecule is Cn1ccc2c(C(=O)Nc3nc(-c4c[nH]c(C(N)=O)c4)cs3)cccc21. The topological polar surface area (TPSA) is 106 Å². The van der Waals surface area contributed by atoms with E-state index in [1.54, 1.807) is 18.3 Å². The number of anilines is 1. The quantitative estimate of drug-likeness (QED) is 0.517. The third-order valence-corrected chi connectivity index (χ3v) is 4.90. The molecule has 3 heterocycles. The predicted octanol–water partition coefficient (Wildman–Crippen LogP) is 2.98. The number of aromatic nitrogens is 3. The van der Waals surface area contributed by atoms with E-state index in [9.17, 15) is 9.59 Å². The van der Waals surface area contributed by atoms with Crippen molar-refractivity contribution in [1.29, 1.82) is 0 Å². The molecular weight excluding hydrogens is 350 g/mol. The van der Waals surface area contributed by atoms with Crippen molar-refractivity contribution < 1.29 is 9.59 Å². The molecule has 130 valence electrons. The Kier molecular flexibility index (Phi) is 3.81. The summed E-state index contributed by atoms with van der Waals surface area (Å²) in [4.78, 5) is 31.0. The summed E-state index contributed by atoms with van der Waals surface area (Å²) in [6.07, 6.45) is 3.58. The number of fused-ring (bicyclic) bond motifs is 1. The molecule has 0 radical (unpaired) electrons. The van der Waals surface area contributed by atoms with E-state index in [-0.39, 0.29) is 5.91 Å². The first kappa shape index (κ1) is 16.1. The van der Waals surface area contributed by atoms with Gasteiger partial charge < -0.3 is 15.3 Å². The van der Waals surface area contributed by atoms with Gasteiger partial charge in [-0.15, -0.1) is 11.3 Å². The Labute approximate surface area is 152 Å². The summed E-state index contributed by atoms with van der Waals surface area (Å²) in [5.41, 5.74) is 8.54. The molecule has 0 aliphatic carbocycles. The van der Waals surface area contributed by atoms with Crippen molar-refractivity contribution in [2.75, 3.05) is 5.32 Å². The highest BCUT2D eigenvalue weighted by molar-refractivity contribution is 7.14. The number of nitrogens with one attached hydrogen (secondary N) is 2. The standard InChI is InChI=1S/C18H15N5O2S/c1-23-6-5-11-12(3-2-4-15(11)23)17(25)22-18-21-14(9-26-18)10-7-13(16(19)24)20-8-10/h2-9,20H,1H3,(H2,19,24)(H,21,22,25). The maximum Gasteiger partial charge on any atom is 0.265 e. The first-order valence-corrected chi connectivity index (χ1v) is 8.70. The Morgan fingerprint density at radius 1 is 1.31 bits per heavy atom. The number of hydrogen-bond donors (Lipinski definition) is 3. The molecular formula is C18H15N5O2S. The molecule has 0 fully saturated rings. The smallest absolute Gasteiger partial charge is 0.265 e. The van der Waals surface area contributed by atoms with Gasteiger partial charge in [-0.25, -0.2) is 4.98 Å². The second-order valence-electron chi connectivity index (χ2n) is 5.82. The molecule has 4 rings (SSSR count). The molecule has 0 spiro atoms. The number of thiazole rings is 1. The van der Waals surface area contributed by atoms with Crippen LogP contribution in [0.1, 0.15) is 20.8 Å². The van der Waals surface area contributed by atoms with E-state index < -0.39 is 5.91 Å². The van der Waals surface area contributed by atoms with Crippen LogP contribution in [0.2, 0.25) is 0 Å². The van der Waals surface area contributed by atoms with Crippen molar-refractivity contribution in [3.63, 3.8) is 0 Å². The third kappa shape index (κ3) is 2.76. The summed E-state index contributed by atoms with van der Waals surface area (Å²) in [5, 5.41) is 6.02. The van der Waals surface area contributed by atoms with Crippen LogP contribution in [0, 0.1) is 0 Å². The number of hydrogen-bond acceptors (Lipinski definition) is 4. The molecule has 2 amide bonds. The van der Waals surface area contributed by atoms with Crippen LogP contribution < -0.4 is 11.1 Å². The van der Waals surface area contributed by atoms with Crippen molar-refractivity contribution in [3.05, 3.63) is 59.4 Å². The highest BCUT2D eigenvalue weighted by atomic mass is 32.1. The van der Waals surface area contributed by atoms with Gasteiger partial charge in [-0.3, -0.25) is 14.9 Å². The number of aromatic amines is 1. The van der Waals surface area contributed by atoms with E-state index >= 15 is 0 Å². The van der Waals surface area contributed by atoms with E-state index in [0.717, 1.165) is 16.5 Å². The van der Waals surface area contributed by atoms with Crippen LogP contribution in [-0.4, -0.2) is 26.3 Å². The first-order chi connectivity index (χ1) is 12.5. The Balaban J connectivity index is 1.58. The maximum atomic E-state index is 12.7. The second-order valence-corrected chi connectivity index (χ2v) is 6.68. The molecule has 8 heteroatoms. The zero-order valence-corrected chi connectivity index (χ0v) is 14.6. The van der Waals surface area contributed by atoms with Gasteiger partial charge in [-0.1, -0.05) is 6.07 Å². The van der Waals surface area contributed by atoms with Crippen molar-refractivity contribution in [2.24, 2.45) is 12.8 Å². The molecule has 3 aromatic heterocycles. The zero-order valence-electron chi connectivity index (χ0n) is 13.8. The van der Waals surface area contributed by atoms with E-state index in [4.69, 9.17) is 5.73 Å². The van der Waals surface area contributed by atoms with Crippen LogP contribution in [0.4, 0.5) is 5.13 Å². The van der Waals surface area contributed by atoms with Gasteiger partial charge in [0, 0.05) is 46.9 Å². The minimum Gasteiger partial charge on any atom is -0.364 e. The van der Waals surface area contributed by atoms with Crippen molar-refractivity contribution in [2.45, 2.75) is 0 Å². The fourth-order valence-electron chi connectivity index (χ4n) is 2.81. The van der Waals surface area contributed by atoms with E-state index in [1.165, 1.54) is 11.3 Å². The summed E-state index contributed by atoms with van der Waals surface area (Å²) < 4.78 is 1.97. The summed E-state index contributed by atoms with van der Waals surface area (Å²) in [6.45, 7) is 0. The van der Waals surface area contributed by atoms with Crippen molar-refractivity contribution in [3.8, 4) is 11.3 Å². The number of aryl methyl sites for hydroxylation is 1. The van der Waals surface area contributed by atoms with E-state index in [1.807, 2.05) is 41.4 Å². The van der Waals surface area contributed by atoms with Gasteiger partial charge in [0.25, 0.3) is 11.8 Å². The van der Waals surface area contributed by atoms with Gasteiger partial charge in [0.1, 0.15) is 5.69 Å². The van der Waals surface area contributed by atoms with E-state index in [0.29, 0.717) is 22.1 Å². The summed E-state index contributed by atoms with van der Waals surface area (Å²) >= 11 is 1.32. The lowest BCUT2D eigenvalue weighted by atomic mass is 10.1. The molecule has 4 N–H and O–H groups in total. The highest BCUT2D eigenvalue weighted by Crippen LogP contribution is 2.27. The molecule has 0 saturated heterocycles. The average Bonchev–Trinajstić information content (AvgIpc) is 3.34. The molecule has 1 aromatic carbocycles. The van der Waals surface area contributed by atoms with Crippen LogP contribution in [-0.2, 0) is 7.05 Å². The summed E-state index contributed by atoms with van der Waals surface area (Å²) in [6, 6.07) is 9.17. The van der Waals surface area contributed by atoms with Gasteiger partial charge in [0.05, 0.1) is 5.69 Å². The fourth-order valence-corrected chi connectivity index (χ4v) is 3.53. The number of benzene rings is 1. The number of carbonyl (C=O) groups is 2. The molecule has 0 bridgehead atoms. The Bertz CT molecular complexity index is 1140. The molecule has 0 saturated carbocycles. The number of amides is 2. The molecule has 4 aromatic rings. The van der Waals surface area contributed by atoms with Gasteiger partial charge >= 0.3 is 0 Å². The average molecular weight is 365 g/mol. The van der Waals surface area contributed by atoms with Gasteiger partial charge in [0.2, 0.25) is 0 Å². The molecule has 0 atom stereocenters.